The lowest BCUT2D eigenvalue weighted by Crippen LogP contribution is -2.12. The molecule has 0 bridgehead atoms. The number of imidazole rings is 6. The van der Waals surface area contributed by atoms with Crippen LogP contribution in [0.3, 0.4) is 0 Å². The molecule has 7 N–H and O–H groups in total. The fraction of sp³-hybridized carbons (Fsp3) is 0.247. The molecule has 0 aliphatic heterocycles. The molecule has 0 radical (unpaired) electrons. The number of unbranched alkanes of at least 4 members (excludes halogenated alkanes) is 1. The van der Waals surface area contributed by atoms with E-state index in [9.17, 15) is 5.11 Å². The van der Waals surface area contributed by atoms with Crippen LogP contribution < -0.4 is 28.4 Å². The summed E-state index contributed by atoms with van der Waals surface area (Å²) in [4.78, 5) is 91.1. The number of phenolic OH excluding ortho intramolecular Hbond substituents is 1. The average Bonchev–Trinajstić information content (AvgIpc) is 1.72. The third kappa shape index (κ3) is 19.9. The number of phenols is 1. The number of hydrogen-bond donors (Lipinski definition) is 7. The molecule has 31 heteroatoms. The van der Waals surface area contributed by atoms with Gasteiger partial charge in [0.25, 0.3) is 0 Å². The van der Waals surface area contributed by atoms with Gasteiger partial charge in [-0.15, -0.1) is 0 Å². The van der Waals surface area contributed by atoms with Gasteiger partial charge in [-0.25, -0.2) is 59.8 Å². The van der Waals surface area contributed by atoms with Gasteiger partial charge in [0.2, 0.25) is 35.3 Å². The van der Waals surface area contributed by atoms with Crippen molar-refractivity contribution in [3.05, 3.63) is 214 Å². The Bertz CT molecular complexity index is 5590. The molecule has 0 saturated carbocycles. The molecule has 12 aromatic heterocycles. The number of rotatable bonds is 21. The standard InChI is InChI=1S/C16H12N4O.C15H16N4O.C13H20N4O.C12H10N4O2.C11H8N4O.C10H14N4O/c1-2-4-13-7-11(5-6-12(13)3-1)8-21-16-14-15(18-9-17-14)19-10-20-16;1-15(2,3)10-4-6-11(7-5-10)20-14-12-13(17-8-16-12)18-9-19-14;1-3-5-6-10(4-2)7-18-13-11-12(15-8-14-11)16-9-17-13;17-9-3-1-8(2-4-9)5-18-12-10-11(14-6-13-10)15-7-16-12;1-2-4-8(5-3-1)16-11-9-10(13-6-12-9)14-7-15-11;1-3-7(2)4-15-10-8-9(12-5-11-8)13-6-14-10/h1-7,9-10H,8H2,(H,17,18,19,20);4-9H,1-3H3,(H,16,17,18,19);8-10H,3-7H2,1-2H3,(H,14,15,16,17);1-4,6-7,17H,5H2,(H,13,14,15,16);1-7H,(H,12,13,14,15);5-7H,3-4H2,1-2H3,(H,11,12,13,14). The fourth-order valence-corrected chi connectivity index (χ4v) is 10.4. The summed E-state index contributed by atoms with van der Waals surface area (Å²) in [5.74, 6) is 5.96. The van der Waals surface area contributed by atoms with E-state index >= 15 is 0 Å². The number of benzene rings is 5. The van der Waals surface area contributed by atoms with Crippen molar-refractivity contribution in [3.63, 3.8) is 0 Å². The molecule has 0 fully saturated rings. The van der Waals surface area contributed by atoms with Crippen molar-refractivity contribution >= 4 is 77.8 Å². The Morgan fingerprint density at radius 2 is 0.750 bits per heavy atom. The van der Waals surface area contributed by atoms with Gasteiger partial charge in [-0.2, -0.15) is 29.9 Å². The summed E-state index contributed by atoms with van der Waals surface area (Å²) in [6, 6.07) is 38.9. The zero-order chi connectivity index (χ0) is 74.9. The number of H-pyrrole nitrogens is 6. The lowest BCUT2D eigenvalue weighted by Gasteiger charge is -2.19. The van der Waals surface area contributed by atoms with Crippen molar-refractivity contribution in [2.75, 3.05) is 13.2 Å². The Kier molecular flexibility index (Phi) is 25.1. The van der Waals surface area contributed by atoms with Gasteiger partial charge in [0.15, 0.2) is 33.9 Å². The van der Waals surface area contributed by atoms with E-state index in [2.05, 4.69) is 211 Å². The summed E-state index contributed by atoms with van der Waals surface area (Å²) in [6.07, 6.45) is 24.1. The van der Waals surface area contributed by atoms with Crippen LogP contribution in [0.1, 0.15) is 97.3 Å². The highest BCUT2D eigenvalue weighted by Gasteiger charge is 2.17. The number of para-hydroxylation sites is 1. The minimum absolute atomic E-state index is 0.129. The van der Waals surface area contributed by atoms with Crippen LogP contribution in [0.5, 0.6) is 52.5 Å². The SMILES string of the molecule is CC(C)(C)c1ccc(Oc2ncnc3nc[nH]c23)cc1.CCC(C)COc1ncnc2nc[nH]c12.CCCCC(CC)COc1ncnc2nc[nH]c12.Oc1ccc(COc2ncnc3nc[nH]c23)cc1.c1ccc(Oc2ncnc3nc[nH]c23)cc1.c1ccc2cc(COc3ncnc4nc[nH]c34)ccc2c1. The number of aromatic hydroxyl groups is 1. The van der Waals surface area contributed by atoms with Crippen LogP contribution in [0.4, 0.5) is 0 Å². The highest BCUT2D eigenvalue weighted by atomic mass is 16.5. The molecule has 2 atom stereocenters. The molecule has 17 aromatic rings. The van der Waals surface area contributed by atoms with Gasteiger partial charge in [-0.05, 0) is 93.6 Å². The molecular weight excluding hydrogens is 1370 g/mol. The van der Waals surface area contributed by atoms with Gasteiger partial charge in [0.05, 0.1) is 51.2 Å². The van der Waals surface area contributed by atoms with Gasteiger partial charge in [0.1, 0.15) is 102 Å². The fourth-order valence-electron chi connectivity index (χ4n) is 10.4. The predicted octanol–water partition coefficient (Wildman–Crippen LogP) is 15.0. The second kappa shape index (κ2) is 36.6. The number of nitrogens with one attached hydrogen (secondary N) is 6. The molecule has 17 rings (SSSR count). The number of aromatic amines is 6. The second-order valence-corrected chi connectivity index (χ2v) is 25.4. The number of nitrogens with zero attached hydrogens (tertiary/aromatic N) is 18. The Morgan fingerprint density at radius 1 is 0.370 bits per heavy atom. The minimum Gasteiger partial charge on any atom is -0.508 e. The third-order valence-corrected chi connectivity index (χ3v) is 16.7. The van der Waals surface area contributed by atoms with Crippen LogP contribution in [0.2, 0.25) is 0 Å². The molecule has 0 aliphatic carbocycles. The van der Waals surface area contributed by atoms with Gasteiger partial charge in [-0.3, -0.25) is 0 Å². The lowest BCUT2D eigenvalue weighted by molar-refractivity contribution is 0.228. The maximum Gasteiger partial charge on any atom is 0.248 e. The zero-order valence-corrected chi connectivity index (χ0v) is 60.4. The van der Waals surface area contributed by atoms with Crippen molar-refractivity contribution in [1.82, 2.24) is 120 Å². The van der Waals surface area contributed by atoms with Gasteiger partial charge >= 0.3 is 0 Å². The first-order valence-electron chi connectivity index (χ1n) is 35.0. The summed E-state index contributed by atoms with van der Waals surface area (Å²) >= 11 is 0. The Labute approximate surface area is 618 Å². The Balaban J connectivity index is 0.000000121. The topological polar surface area (TPSA) is 402 Å². The minimum atomic E-state index is 0.129. The average molecular weight is 1450 g/mol. The van der Waals surface area contributed by atoms with Crippen LogP contribution in [-0.2, 0) is 18.6 Å². The first kappa shape index (κ1) is 74.0. The lowest BCUT2D eigenvalue weighted by atomic mass is 9.87. The number of aromatic nitrogens is 24. The highest BCUT2D eigenvalue weighted by molar-refractivity contribution is 5.83. The Morgan fingerprint density at radius 3 is 1.18 bits per heavy atom. The quantitative estimate of drug-likeness (QED) is 0.0351. The van der Waals surface area contributed by atoms with Crippen molar-refractivity contribution < 1.29 is 33.5 Å². The largest absolute Gasteiger partial charge is 0.508 e. The van der Waals surface area contributed by atoms with Gasteiger partial charge in [0, 0.05) is 0 Å². The zero-order valence-electron chi connectivity index (χ0n) is 60.4. The predicted molar refractivity (Wildman–Crippen MR) is 406 cm³/mol. The van der Waals surface area contributed by atoms with Crippen molar-refractivity contribution in [3.8, 4) is 52.5 Å². The number of ether oxygens (including phenoxy) is 6. The molecule has 0 spiro atoms. The van der Waals surface area contributed by atoms with E-state index in [1.807, 2.05) is 54.6 Å². The number of hydrogen-bond acceptors (Lipinski definition) is 25. The van der Waals surface area contributed by atoms with E-state index in [0.717, 1.165) is 52.0 Å². The summed E-state index contributed by atoms with van der Waals surface area (Å²) in [6.45, 7) is 17.4. The Hall–Kier alpha value is -13.7. The van der Waals surface area contributed by atoms with E-state index in [0.29, 0.717) is 124 Å². The van der Waals surface area contributed by atoms with Crippen LogP contribution in [0.25, 0.3) is 77.8 Å². The van der Waals surface area contributed by atoms with Crippen LogP contribution >= 0.6 is 0 Å². The molecule has 5 aromatic carbocycles. The maximum absolute atomic E-state index is 9.18. The summed E-state index contributed by atoms with van der Waals surface area (Å²) in [7, 11) is 0. The maximum atomic E-state index is 9.18. The van der Waals surface area contributed by atoms with Crippen molar-refractivity contribution in [2.24, 2.45) is 11.8 Å². The van der Waals surface area contributed by atoms with Gasteiger partial charge in [-0.1, -0.05) is 153 Å². The molecule has 550 valence electrons. The molecule has 0 amide bonds. The normalized spacial score (nSPS) is 11.6. The van der Waals surface area contributed by atoms with E-state index in [1.54, 1.807) is 62.2 Å². The summed E-state index contributed by atoms with van der Waals surface area (Å²) in [5.41, 5.74) is 11.5. The smallest absolute Gasteiger partial charge is 0.248 e. The molecular formula is C77H80N24O7. The molecule has 108 heavy (non-hydrogen) atoms. The first-order chi connectivity index (χ1) is 52.9. The number of fused-ring (bicyclic) bond motifs is 7. The molecule has 0 aliphatic rings. The molecule has 2 unspecified atom stereocenters. The van der Waals surface area contributed by atoms with E-state index in [-0.39, 0.29) is 11.2 Å². The third-order valence-electron chi connectivity index (χ3n) is 16.7. The van der Waals surface area contributed by atoms with Crippen molar-refractivity contribution in [1.29, 1.82) is 0 Å². The van der Waals surface area contributed by atoms with Gasteiger partial charge < -0.3 is 63.4 Å². The highest BCUT2D eigenvalue weighted by Crippen LogP contribution is 2.30. The van der Waals surface area contributed by atoms with Crippen molar-refractivity contribution in [2.45, 2.75) is 99.2 Å². The summed E-state index contributed by atoms with van der Waals surface area (Å²) in [5, 5.41) is 11.6. The molecule has 31 nitrogen and oxygen atoms in total. The van der Waals surface area contributed by atoms with E-state index in [1.165, 1.54) is 73.6 Å². The van der Waals surface area contributed by atoms with Crippen LogP contribution in [-0.4, -0.2) is 138 Å². The van der Waals surface area contributed by atoms with Crippen LogP contribution in [0.15, 0.2) is 197 Å². The van der Waals surface area contributed by atoms with Crippen LogP contribution in [0, 0.1) is 11.8 Å². The molecule has 12 heterocycles. The first-order valence-corrected chi connectivity index (χ1v) is 35.0. The monoisotopic (exact) mass is 1450 g/mol. The van der Waals surface area contributed by atoms with E-state index < -0.39 is 0 Å². The second-order valence-electron chi connectivity index (χ2n) is 25.4. The van der Waals surface area contributed by atoms with E-state index in [4.69, 9.17) is 28.4 Å². The molecule has 0 saturated heterocycles. The summed E-state index contributed by atoms with van der Waals surface area (Å²) < 4.78 is 34.2.